The van der Waals surface area contributed by atoms with Gasteiger partial charge in [-0.3, -0.25) is 0 Å². The molecule has 0 bridgehead atoms. The quantitative estimate of drug-likeness (QED) is 0.800. The summed E-state index contributed by atoms with van der Waals surface area (Å²) >= 11 is 0. The molecule has 2 N–H and O–H groups in total. The topological polar surface area (TPSA) is 61.4 Å². The number of rotatable bonds is 7. The Morgan fingerprint density at radius 2 is 1.85 bits per heavy atom. The zero-order valence-corrected chi connectivity index (χ0v) is 13.1. The fourth-order valence-corrected chi connectivity index (χ4v) is 2.99. The Morgan fingerprint density at radius 3 is 2.35 bits per heavy atom. The van der Waals surface area contributed by atoms with Crippen molar-refractivity contribution in [3.05, 3.63) is 24.3 Å². The molecule has 20 heavy (non-hydrogen) atoms. The molecule has 0 saturated heterocycles. The van der Waals surface area contributed by atoms with Crippen molar-refractivity contribution in [3.8, 4) is 0 Å². The minimum Gasteiger partial charge on any atom is -0.383 e. The maximum absolute atomic E-state index is 12.0. The molecule has 1 aromatic carbocycles. The zero-order valence-electron chi connectivity index (χ0n) is 12.3. The predicted octanol–water partition coefficient (Wildman–Crippen LogP) is 1.49. The average molecular weight is 297 g/mol. The number of nitrogens with zero attached hydrogens (tertiary/aromatic N) is 1. The molecule has 1 aliphatic rings. The SMILES string of the molecule is CC(CNc1ccc(S(=O)(=O)NC2CC2)cc1)N(C)C. The van der Waals surface area contributed by atoms with Gasteiger partial charge >= 0.3 is 0 Å². The Morgan fingerprint density at radius 1 is 1.25 bits per heavy atom. The van der Waals surface area contributed by atoms with Gasteiger partial charge in [0.05, 0.1) is 4.90 Å². The van der Waals surface area contributed by atoms with Gasteiger partial charge < -0.3 is 10.2 Å². The summed E-state index contributed by atoms with van der Waals surface area (Å²) in [6.45, 7) is 2.95. The molecule has 0 heterocycles. The maximum atomic E-state index is 12.0. The van der Waals surface area contributed by atoms with Crippen molar-refractivity contribution < 1.29 is 8.42 Å². The number of anilines is 1. The highest BCUT2D eigenvalue weighted by molar-refractivity contribution is 7.89. The first-order valence-electron chi connectivity index (χ1n) is 6.91. The Hall–Kier alpha value is -1.11. The fraction of sp³-hybridized carbons (Fsp3) is 0.571. The maximum Gasteiger partial charge on any atom is 0.240 e. The van der Waals surface area contributed by atoms with Gasteiger partial charge in [0.25, 0.3) is 0 Å². The Kier molecular flexibility index (Phi) is 4.67. The van der Waals surface area contributed by atoms with Crippen LogP contribution >= 0.6 is 0 Å². The first kappa shape index (κ1) is 15.3. The Bertz CT molecular complexity index is 536. The molecule has 1 atom stereocenters. The minimum absolute atomic E-state index is 0.138. The highest BCUT2D eigenvalue weighted by atomic mass is 32.2. The third kappa shape index (κ3) is 4.19. The molecule has 0 aliphatic heterocycles. The first-order valence-corrected chi connectivity index (χ1v) is 8.39. The predicted molar refractivity (Wildman–Crippen MR) is 81.4 cm³/mol. The highest BCUT2D eigenvalue weighted by Crippen LogP contribution is 2.22. The van der Waals surface area contributed by atoms with E-state index in [1.54, 1.807) is 12.1 Å². The molecule has 1 fully saturated rings. The number of sulfonamides is 1. The van der Waals surface area contributed by atoms with E-state index in [1.807, 2.05) is 26.2 Å². The zero-order chi connectivity index (χ0) is 14.8. The van der Waals surface area contributed by atoms with Crippen LogP contribution in [0.2, 0.25) is 0 Å². The summed E-state index contributed by atoms with van der Waals surface area (Å²) in [5, 5.41) is 3.30. The summed E-state index contributed by atoms with van der Waals surface area (Å²) in [4.78, 5) is 2.46. The smallest absolute Gasteiger partial charge is 0.240 e. The largest absolute Gasteiger partial charge is 0.383 e. The van der Waals surface area contributed by atoms with E-state index < -0.39 is 10.0 Å². The molecule has 0 amide bonds. The molecule has 1 aliphatic carbocycles. The van der Waals surface area contributed by atoms with Crippen LogP contribution in [0, 0.1) is 0 Å². The van der Waals surface area contributed by atoms with Crippen LogP contribution in [-0.2, 0) is 10.0 Å². The van der Waals surface area contributed by atoms with Crippen LogP contribution in [0.1, 0.15) is 19.8 Å². The van der Waals surface area contributed by atoms with Crippen molar-refractivity contribution in [1.29, 1.82) is 0 Å². The summed E-state index contributed by atoms with van der Waals surface area (Å²) in [5.74, 6) is 0. The lowest BCUT2D eigenvalue weighted by atomic mass is 10.3. The van der Waals surface area contributed by atoms with Crippen LogP contribution in [-0.4, -0.2) is 46.0 Å². The van der Waals surface area contributed by atoms with Gasteiger partial charge in [-0.15, -0.1) is 0 Å². The highest BCUT2D eigenvalue weighted by Gasteiger charge is 2.27. The van der Waals surface area contributed by atoms with Crippen molar-refractivity contribution in [1.82, 2.24) is 9.62 Å². The van der Waals surface area contributed by atoms with Gasteiger partial charge in [-0.2, -0.15) is 0 Å². The van der Waals surface area contributed by atoms with E-state index in [0.717, 1.165) is 25.1 Å². The standard InChI is InChI=1S/C14H23N3O2S/c1-11(17(2)3)10-15-12-6-8-14(9-7-12)20(18,19)16-13-4-5-13/h6-9,11,13,15-16H,4-5,10H2,1-3H3. The van der Waals surface area contributed by atoms with Gasteiger partial charge in [-0.1, -0.05) is 0 Å². The van der Waals surface area contributed by atoms with E-state index in [2.05, 4.69) is 21.9 Å². The summed E-state index contributed by atoms with van der Waals surface area (Å²) < 4.78 is 26.7. The molecule has 1 saturated carbocycles. The number of likely N-dealkylation sites (N-methyl/N-ethyl adjacent to an activating group) is 1. The van der Waals surface area contributed by atoms with Crippen LogP contribution in [0.25, 0.3) is 0 Å². The van der Waals surface area contributed by atoms with Crippen molar-refractivity contribution in [2.24, 2.45) is 0 Å². The number of nitrogens with one attached hydrogen (secondary N) is 2. The van der Waals surface area contributed by atoms with Crippen LogP contribution in [0.5, 0.6) is 0 Å². The molecule has 0 spiro atoms. The van der Waals surface area contributed by atoms with E-state index in [4.69, 9.17) is 0 Å². The van der Waals surface area contributed by atoms with Gasteiger partial charge in [0, 0.05) is 24.3 Å². The lowest BCUT2D eigenvalue weighted by molar-refractivity contribution is 0.326. The Balaban J connectivity index is 1.95. The second-order valence-corrected chi connectivity index (χ2v) is 7.33. The second kappa shape index (κ2) is 6.11. The van der Waals surface area contributed by atoms with Crippen LogP contribution < -0.4 is 10.0 Å². The molecule has 1 aromatic rings. The number of benzene rings is 1. The van der Waals surface area contributed by atoms with Gasteiger partial charge in [-0.25, -0.2) is 13.1 Å². The summed E-state index contributed by atoms with van der Waals surface area (Å²) in [6, 6.07) is 7.46. The van der Waals surface area contributed by atoms with Gasteiger partial charge in [0.15, 0.2) is 0 Å². The average Bonchev–Trinajstić information content (AvgIpc) is 3.19. The van der Waals surface area contributed by atoms with Crippen molar-refractivity contribution >= 4 is 15.7 Å². The van der Waals surface area contributed by atoms with Crippen molar-refractivity contribution in [3.63, 3.8) is 0 Å². The monoisotopic (exact) mass is 297 g/mol. The molecular weight excluding hydrogens is 274 g/mol. The first-order chi connectivity index (χ1) is 9.38. The van der Waals surface area contributed by atoms with E-state index >= 15 is 0 Å². The summed E-state index contributed by atoms with van der Waals surface area (Å²) in [7, 11) is 0.722. The summed E-state index contributed by atoms with van der Waals surface area (Å²) in [6.07, 6.45) is 1.89. The van der Waals surface area contributed by atoms with Crippen molar-refractivity contribution in [2.45, 2.75) is 36.7 Å². The third-order valence-electron chi connectivity index (χ3n) is 3.55. The fourth-order valence-electron chi connectivity index (χ4n) is 1.69. The summed E-state index contributed by atoms with van der Waals surface area (Å²) in [5.41, 5.74) is 0.934. The minimum atomic E-state index is -3.34. The van der Waals surface area contributed by atoms with Crippen LogP contribution in [0.3, 0.4) is 0 Å². The molecular formula is C14H23N3O2S. The van der Waals surface area contributed by atoms with E-state index in [9.17, 15) is 8.42 Å². The van der Waals surface area contributed by atoms with Gasteiger partial charge in [-0.05, 0) is 58.1 Å². The van der Waals surface area contributed by atoms with Gasteiger partial charge in [0.1, 0.15) is 0 Å². The Labute approximate surface area is 121 Å². The molecule has 0 aromatic heterocycles. The lowest BCUT2D eigenvalue weighted by Gasteiger charge is -2.20. The van der Waals surface area contributed by atoms with E-state index in [-0.39, 0.29) is 6.04 Å². The number of hydrogen-bond donors (Lipinski definition) is 2. The van der Waals surface area contributed by atoms with E-state index in [1.165, 1.54) is 0 Å². The third-order valence-corrected chi connectivity index (χ3v) is 5.08. The number of hydrogen-bond acceptors (Lipinski definition) is 4. The lowest BCUT2D eigenvalue weighted by Crippen LogP contribution is -2.31. The van der Waals surface area contributed by atoms with Crippen molar-refractivity contribution in [2.75, 3.05) is 26.0 Å². The molecule has 5 nitrogen and oxygen atoms in total. The molecule has 1 unspecified atom stereocenters. The molecule has 112 valence electrons. The van der Waals surface area contributed by atoms with Crippen LogP contribution in [0.4, 0.5) is 5.69 Å². The second-order valence-electron chi connectivity index (χ2n) is 5.61. The van der Waals surface area contributed by atoms with Gasteiger partial charge in [0.2, 0.25) is 10.0 Å². The molecule has 6 heteroatoms. The molecule has 2 rings (SSSR count). The molecule has 0 radical (unpaired) electrons. The van der Waals surface area contributed by atoms with E-state index in [0.29, 0.717) is 10.9 Å². The van der Waals surface area contributed by atoms with Crippen LogP contribution in [0.15, 0.2) is 29.2 Å². The normalized spacial score (nSPS) is 17.2.